The maximum Gasteiger partial charge on any atom is 0.150 e. The molecule has 1 aromatic rings. The van der Waals surface area contributed by atoms with Gasteiger partial charge >= 0.3 is 0 Å². The van der Waals surface area contributed by atoms with Crippen LogP contribution in [-0.2, 0) is 4.79 Å². The lowest BCUT2D eigenvalue weighted by Crippen LogP contribution is -1.89. The van der Waals surface area contributed by atoms with E-state index in [-0.39, 0.29) is 0 Å². The first-order chi connectivity index (χ1) is 6.81. The van der Waals surface area contributed by atoms with Crippen molar-refractivity contribution in [3.63, 3.8) is 0 Å². The van der Waals surface area contributed by atoms with E-state index in [2.05, 4.69) is 0 Å². The van der Waals surface area contributed by atoms with E-state index >= 15 is 0 Å². The zero-order valence-corrected chi connectivity index (χ0v) is 7.77. The predicted octanol–water partition coefficient (Wildman–Crippen LogP) is 1.72. The molecule has 3 heteroatoms. The summed E-state index contributed by atoms with van der Waals surface area (Å²) in [6.07, 6.45) is 4.37. The highest BCUT2D eigenvalue weighted by atomic mass is 16.5. The summed E-state index contributed by atoms with van der Waals surface area (Å²) in [6.45, 7) is 0. The number of carbonyl (C=O) groups excluding carboxylic acids is 2. The summed E-state index contributed by atoms with van der Waals surface area (Å²) >= 11 is 0. The van der Waals surface area contributed by atoms with Gasteiger partial charge < -0.3 is 4.74 Å². The molecule has 0 saturated carbocycles. The van der Waals surface area contributed by atoms with Crippen molar-refractivity contribution < 1.29 is 14.3 Å². The molecule has 0 unspecified atom stereocenters. The molecule has 0 aliphatic rings. The summed E-state index contributed by atoms with van der Waals surface area (Å²) in [5.41, 5.74) is 1.26. The lowest BCUT2D eigenvalue weighted by atomic mass is 10.1. The summed E-state index contributed by atoms with van der Waals surface area (Å²) in [7, 11) is 1.54. The van der Waals surface area contributed by atoms with Gasteiger partial charge in [0.15, 0.2) is 0 Å². The van der Waals surface area contributed by atoms with Crippen LogP contribution in [0.4, 0.5) is 0 Å². The molecular weight excluding hydrogens is 180 g/mol. The van der Waals surface area contributed by atoms with E-state index in [0.717, 1.165) is 6.29 Å². The highest BCUT2D eigenvalue weighted by molar-refractivity contribution is 5.80. The molecular formula is C11H10O3. The Hall–Kier alpha value is -1.90. The molecule has 0 aliphatic carbocycles. The lowest BCUT2D eigenvalue weighted by molar-refractivity contribution is -0.104. The quantitative estimate of drug-likeness (QED) is 0.536. The smallest absolute Gasteiger partial charge is 0.150 e. The number of allylic oxidation sites excluding steroid dienone is 1. The zero-order valence-electron chi connectivity index (χ0n) is 7.77. The zero-order chi connectivity index (χ0) is 10.4. The van der Waals surface area contributed by atoms with Gasteiger partial charge in [0.2, 0.25) is 0 Å². The number of rotatable bonds is 4. The Balaban J connectivity index is 3.13. The van der Waals surface area contributed by atoms with Crippen LogP contribution in [-0.4, -0.2) is 19.7 Å². The molecule has 0 saturated heterocycles. The molecule has 0 atom stereocenters. The minimum absolute atomic E-state index is 0.552. The summed E-state index contributed by atoms with van der Waals surface area (Å²) in [6, 6.07) is 5.00. The van der Waals surface area contributed by atoms with Crippen molar-refractivity contribution in [1.82, 2.24) is 0 Å². The summed E-state index contributed by atoms with van der Waals surface area (Å²) in [5, 5.41) is 0. The van der Waals surface area contributed by atoms with Crippen molar-refractivity contribution in [3.8, 4) is 5.75 Å². The van der Waals surface area contributed by atoms with Gasteiger partial charge in [-0.15, -0.1) is 0 Å². The van der Waals surface area contributed by atoms with Crippen LogP contribution in [0.25, 0.3) is 6.08 Å². The van der Waals surface area contributed by atoms with Gasteiger partial charge in [-0.25, -0.2) is 0 Å². The van der Waals surface area contributed by atoms with Gasteiger partial charge in [0, 0.05) is 11.1 Å². The van der Waals surface area contributed by atoms with Crippen LogP contribution < -0.4 is 4.74 Å². The van der Waals surface area contributed by atoms with Gasteiger partial charge in [-0.3, -0.25) is 9.59 Å². The first-order valence-corrected chi connectivity index (χ1v) is 4.07. The van der Waals surface area contributed by atoms with Crippen molar-refractivity contribution in [1.29, 1.82) is 0 Å². The minimum atomic E-state index is 0.552. The molecule has 3 nitrogen and oxygen atoms in total. The molecule has 0 heterocycles. The summed E-state index contributed by atoms with van der Waals surface area (Å²) in [5.74, 6) is 0.633. The second-order valence-corrected chi connectivity index (χ2v) is 2.61. The van der Waals surface area contributed by atoms with Crippen LogP contribution in [0.2, 0.25) is 0 Å². The van der Waals surface area contributed by atoms with Gasteiger partial charge in [0.05, 0.1) is 7.11 Å². The Morgan fingerprint density at radius 2 is 2.07 bits per heavy atom. The number of hydrogen-bond donors (Lipinski definition) is 0. The first-order valence-electron chi connectivity index (χ1n) is 4.07. The van der Waals surface area contributed by atoms with Crippen molar-refractivity contribution >= 4 is 18.6 Å². The van der Waals surface area contributed by atoms with Gasteiger partial charge in [0.25, 0.3) is 0 Å². The fourth-order valence-electron chi connectivity index (χ4n) is 1.10. The van der Waals surface area contributed by atoms with Crippen molar-refractivity contribution in [2.45, 2.75) is 0 Å². The van der Waals surface area contributed by atoms with Crippen LogP contribution in [0.1, 0.15) is 15.9 Å². The second kappa shape index (κ2) is 4.97. The molecule has 1 rings (SSSR count). The highest BCUT2D eigenvalue weighted by Gasteiger charge is 2.00. The second-order valence-electron chi connectivity index (χ2n) is 2.61. The predicted molar refractivity (Wildman–Crippen MR) is 53.5 cm³/mol. The molecule has 72 valence electrons. The maximum atomic E-state index is 10.5. The van der Waals surface area contributed by atoms with E-state index in [9.17, 15) is 9.59 Å². The van der Waals surface area contributed by atoms with Gasteiger partial charge in [0.1, 0.15) is 18.3 Å². The third-order valence-corrected chi connectivity index (χ3v) is 1.74. The molecule has 0 amide bonds. The molecule has 0 radical (unpaired) electrons. The monoisotopic (exact) mass is 190 g/mol. The highest BCUT2D eigenvalue weighted by Crippen LogP contribution is 2.20. The number of benzene rings is 1. The van der Waals surface area contributed by atoms with Crippen LogP contribution in [0.15, 0.2) is 24.3 Å². The Kier molecular flexibility index (Phi) is 3.61. The number of methoxy groups -OCH3 is 1. The molecule has 0 aliphatic heterocycles. The lowest BCUT2D eigenvalue weighted by Gasteiger charge is -2.04. The number of aldehydes is 2. The molecule has 14 heavy (non-hydrogen) atoms. The van der Waals surface area contributed by atoms with Crippen LogP contribution >= 0.6 is 0 Å². The number of carbonyl (C=O) groups is 2. The van der Waals surface area contributed by atoms with E-state index in [4.69, 9.17) is 4.74 Å². The topological polar surface area (TPSA) is 43.4 Å². The fraction of sp³-hybridized carbons (Fsp3) is 0.0909. The van der Waals surface area contributed by atoms with Crippen LogP contribution in [0, 0.1) is 0 Å². The van der Waals surface area contributed by atoms with Crippen LogP contribution in [0.3, 0.4) is 0 Å². The fourth-order valence-corrected chi connectivity index (χ4v) is 1.10. The Morgan fingerprint density at radius 1 is 1.29 bits per heavy atom. The Morgan fingerprint density at radius 3 is 2.64 bits per heavy atom. The average Bonchev–Trinajstić information content (AvgIpc) is 2.25. The van der Waals surface area contributed by atoms with E-state index in [1.807, 2.05) is 0 Å². The Bertz CT molecular complexity index is 367. The largest absolute Gasteiger partial charge is 0.496 e. The van der Waals surface area contributed by atoms with E-state index in [0.29, 0.717) is 23.2 Å². The number of hydrogen-bond acceptors (Lipinski definition) is 3. The van der Waals surface area contributed by atoms with Crippen molar-refractivity contribution in [2.24, 2.45) is 0 Å². The van der Waals surface area contributed by atoms with Crippen molar-refractivity contribution in [2.75, 3.05) is 7.11 Å². The van der Waals surface area contributed by atoms with E-state index < -0.39 is 0 Å². The van der Waals surface area contributed by atoms with Gasteiger partial charge in [-0.05, 0) is 30.4 Å². The molecule has 0 aromatic heterocycles. The minimum Gasteiger partial charge on any atom is -0.496 e. The molecule has 0 N–H and O–H groups in total. The normalized spacial score (nSPS) is 10.1. The molecule has 0 fully saturated rings. The number of ether oxygens (including phenoxy) is 1. The third kappa shape index (κ3) is 2.29. The molecule has 0 bridgehead atoms. The van der Waals surface area contributed by atoms with Gasteiger partial charge in [-0.1, -0.05) is 0 Å². The molecule has 1 aromatic carbocycles. The van der Waals surface area contributed by atoms with Gasteiger partial charge in [-0.2, -0.15) is 0 Å². The summed E-state index contributed by atoms with van der Waals surface area (Å²) < 4.78 is 5.06. The van der Waals surface area contributed by atoms with Crippen LogP contribution in [0.5, 0.6) is 5.75 Å². The standard InChI is InChI=1S/C11H10O3/c1-14-11-5-4-9(8-13)7-10(11)3-2-6-12/h2-8H,1H3. The third-order valence-electron chi connectivity index (χ3n) is 1.74. The maximum absolute atomic E-state index is 10.5. The molecule has 0 spiro atoms. The average molecular weight is 190 g/mol. The van der Waals surface area contributed by atoms with E-state index in [1.165, 1.54) is 13.2 Å². The first kappa shape index (κ1) is 10.2. The van der Waals surface area contributed by atoms with Crippen molar-refractivity contribution in [3.05, 3.63) is 35.4 Å². The van der Waals surface area contributed by atoms with E-state index in [1.54, 1.807) is 24.3 Å². The Labute approximate surface area is 82.0 Å². The summed E-state index contributed by atoms with van der Waals surface area (Å²) in [4.78, 5) is 20.6. The SMILES string of the molecule is COc1ccc(C=O)cc1C=CC=O.